The molecule has 0 aromatic rings. The molecule has 0 aliphatic carbocycles. The number of nitrogens with one attached hydrogen (secondary N) is 2. The number of urea groups is 1. The second kappa shape index (κ2) is 7.58. The maximum atomic E-state index is 11.1. The molecule has 0 spiro atoms. The van der Waals surface area contributed by atoms with Gasteiger partial charge in [-0.25, -0.2) is 4.79 Å². The molecular formula is C9H21N3O2. The molecule has 84 valence electrons. The van der Waals surface area contributed by atoms with Gasteiger partial charge in [0.15, 0.2) is 0 Å². The van der Waals surface area contributed by atoms with Crippen molar-refractivity contribution in [3.8, 4) is 0 Å². The van der Waals surface area contributed by atoms with E-state index in [0.29, 0.717) is 13.2 Å². The van der Waals surface area contributed by atoms with Gasteiger partial charge in [0, 0.05) is 25.7 Å². The Bertz CT molecular complexity index is 162. The Kier molecular flexibility index (Phi) is 7.14. The summed E-state index contributed by atoms with van der Waals surface area (Å²) in [5, 5.41) is 5.44. The number of amides is 2. The van der Waals surface area contributed by atoms with Crippen LogP contribution in [0.1, 0.15) is 20.3 Å². The zero-order valence-corrected chi connectivity index (χ0v) is 9.17. The molecular weight excluding hydrogens is 182 g/mol. The largest absolute Gasteiger partial charge is 0.383 e. The van der Waals surface area contributed by atoms with E-state index in [2.05, 4.69) is 10.6 Å². The van der Waals surface area contributed by atoms with Gasteiger partial charge in [-0.2, -0.15) is 0 Å². The lowest BCUT2D eigenvalue weighted by Crippen LogP contribution is -2.41. The van der Waals surface area contributed by atoms with Crippen LogP contribution in [0.3, 0.4) is 0 Å². The molecule has 1 unspecified atom stereocenters. The van der Waals surface area contributed by atoms with Crippen LogP contribution in [0.25, 0.3) is 0 Å². The second-order valence-electron chi connectivity index (χ2n) is 3.56. The van der Waals surface area contributed by atoms with E-state index in [4.69, 9.17) is 10.5 Å². The lowest BCUT2D eigenvalue weighted by atomic mass is 10.2. The fraction of sp³-hybridized carbons (Fsp3) is 0.889. The summed E-state index contributed by atoms with van der Waals surface area (Å²) in [6.07, 6.45) is 0.722. The number of methoxy groups -OCH3 is 1. The molecule has 0 radical (unpaired) electrons. The summed E-state index contributed by atoms with van der Waals surface area (Å²) in [6, 6.07) is -0.00776. The van der Waals surface area contributed by atoms with E-state index in [1.54, 1.807) is 7.11 Å². The Morgan fingerprint density at radius 3 is 2.64 bits per heavy atom. The minimum absolute atomic E-state index is 0.0145. The van der Waals surface area contributed by atoms with Crippen LogP contribution in [0.4, 0.5) is 4.79 Å². The van der Waals surface area contributed by atoms with Gasteiger partial charge in [0.1, 0.15) is 0 Å². The fourth-order valence-electron chi connectivity index (χ4n) is 0.982. The smallest absolute Gasteiger partial charge is 0.314 e. The molecule has 2 amide bonds. The van der Waals surface area contributed by atoms with E-state index in [-0.39, 0.29) is 18.1 Å². The van der Waals surface area contributed by atoms with Crippen molar-refractivity contribution in [3.63, 3.8) is 0 Å². The van der Waals surface area contributed by atoms with Gasteiger partial charge in [0.2, 0.25) is 0 Å². The van der Waals surface area contributed by atoms with Crippen LogP contribution in [0.15, 0.2) is 0 Å². The van der Waals surface area contributed by atoms with E-state index in [0.717, 1.165) is 6.42 Å². The highest BCUT2D eigenvalue weighted by atomic mass is 16.5. The number of ether oxygens (including phenoxy) is 1. The number of rotatable bonds is 6. The molecule has 0 rings (SSSR count). The molecule has 0 aromatic carbocycles. The minimum Gasteiger partial charge on any atom is -0.383 e. The van der Waals surface area contributed by atoms with Gasteiger partial charge >= 0.3 is 6.03 Å². The molecule has 4 N–H and O–H groups in total. The summed E-state index contributed by atoms with van der Waals surface area (Å²) in [4.78, 5) is 11.1. The van der Waals surface area contributed by atoms with E-state index in [1.165, 1.54) is 0 Å². The Morgan fingerprint density at radius 1 is 1.50 bits per heavy atom. The summed E-state index contributed by atoms with van der Waals surface area (Å²) < 4.78 is 4.87. The zero-order valence-electron chi connectivity index (χ0n) is 9.17. The predicted molar refractivity (Wildman–Crippen MR) is 56.1 cm³/mol. The number of nitrogens with two attached hydrogens (primary N) is 1. The first-order valence-electron chi connectivity index (χ1n) is 4.85. The third-order valence-corrected chi connectivity index (χ3v) is 1.60. The van der Waals surface area contributed by atoms with Gasteiger partial charge in [-0.05, 0) is 20.3 Å². The van der Waals surface area contributed by atoms with Gasteiger partial charge in [-0.3, -0.25) is 0 Å². The summed E-state index contributed by atoms with van der Waals surface area (Å²) in [5.74, 6) is 0. The van der Waals surface area contributed by atoms with Crippen molar-refractivity contribution in [1.82, 2.24) is 10.6 Å². The van der Waals surface area contributed by atoms with Crippen molar-refractivity contribution in [2.24, 2.45) is 5.73 Å². The van der Waals surface area contributed by atoms with Gasteiger partial charge in [0.25, 0.3) is 0 Å². The fourth-order valence-corrected chi connectivity index (χ4v) is 0.982. The van der Waals surface area contributed by atoms with Crippen molar-refractivity contribution in [1.29, 1.82) is 0 Å². The topological polar surface area (TPSA) is 76.4 Å². The maximum absolute atomic E-state index is 11.1. The molecule has 0 bridgehead atoms. The quantitative estimate of drug-likeness (QED) is 0.571. The highest BCUT2D eigenvalue weighted by Crippen LogP contribution is 1.86. The number of hydrogen-bond donors (Lipinski definition) is 3. The predicted octanol–water partition coefficient (Wildman–Crippen LogP) is 0.0578. The normalized spacial score (nSPS) is 12.6. The molecule has 1 atom stereocenters. The van der Waals surface area contributed by atoms with Crippen molar-refractivity contribution in [2.75, 3.05) is 20.3 Å². The van der Waals surface area contributed by atoms with Gasteiger partial charge in [-0.1, -0.05) is 0 Å². The molecule has 0 aromatic heterocycles. The molecule has 0 saturated carbocycles. The van der Waals surface area contributed by atoms with Crippen molar-refractivity contribution in [2.45, 2.75) is 32.4 Å². The molecule has 0 aliphatic heterocycles. The summed E-state index contributed by atoms with van der Waals surface area (Å²) in [7, 11) is 1.61. The molecule has 0 aliphatic rings. The van der Waals surface area contributed by atoms with Crippen LogP contribution in [0.5, 0.6) is 0 Å². The Balaban J connectivity index is 3.39. The van der Waals surface area contributed by atoms with E-state index < -0.39 is 0 Å². The second-order valence-corrected chi connectivity index (χ2v) is 3.56. The number of hydrogen-bond acceptors (Lipinski definition) is 3. The highest BCUT2D eigenvalue weighted by molar-refractivity contribution is 5.73. The van der Waals surface area contributed by atoms with Crippen LogP contribution in [0, 0.1) is 0 Å². The van der Waals surface area contributed by atoms with Crippen LogP contribution in [0.2, 0.25) is 0 Å². The van der Waals surface area contributed by atoms with Gasteiger partial charge in [-0.15, -0.1) is 0 Å². The average molecular weight is 203 g/mol. The van der Waals surface area contributed by atoms with E-state index >= 15 is 0 Å². The summed E-state index contributed by atoms with van der Waals surface area (Å²) in [5.41, 5.74) is 5.67. The van der Waals surface area contributed by atoms with Crippen LogP contribution in [-0.2, 0) is 4.74 Å². The molecule has 5 heteroatoms. The lowest BCUT2D eigenvalue weighted by Gasteiger charge is -2.12. The van der Waals surface area contributed by atoms with Gasteiger partial charge in [0.05, 0.1) is 6.61 Å². The molecule has 0 saturated heterocycles. The molecule has 0 fully saturated rings. The Labute approximate surface area is 85.4 Å². The maximum Gasteiger partial charge on any atom is 0.314 e. The zero-order chi connectivity index (χ0) is 11.0. The first-order chi connectivity index (χ1) is 6.56. The Hall–Kier alpha value is -0.810. The first-order valence-corrected chi connectivity index (χ1v) is 4.85. The summed E-state index contributed by atoms with van der Waals surface area (Å²) in [6.45, 7) is 4.92. The van der Waals surface area contributed by atoms with Crippen LogP contribution >= 0.6 is 0 Å². The first kappa shape index (κ1) is 13.2. The van der Waals surface area contributed by atoms with E-state index in [9.17, 15) is 4.79 Å². The molecule has 5 nitrogen and oxygen atoms in total. The Morgan fingerprint density at radius 2 is 2.14 bits per heavy atom. The third kappa shape index (κ3) is 7.82. The van der Waals surface area contributed by atoms with Crippen molar-refractivity contribution < 1.29 is 9.53 Å². The van der Waals surface area contributed by atoms with Crippen LogP contribution in [-0.4, -0.2) is 38.4 Å². The minimum atomic E-state index is -0.149. The summed E-state index contributed by atoms with van der Waals surface area (Å²) >= 11 is 0. The molecule has 0 heterocycles. The SMILES string of the molecule is COCC(N)CCNC(=O)NC(C)C. The van der Waals surface area contributed by atoms with Crippen molar-refractivity contribution >= 4 is 6.03 Å². The average Bonchev–Trinajstić information content (AvgIpc) is 2.02. The van der Waals surface area contributed by atoms with E-state index in [1.807, 2.05) is 13.8 Å². The number of carbonyl (C=O) groups excluding carboxylic acids is 1. The highest BCUT2D eigenvalue weighted by Gasteiger charge is 2.04. The lowest BCUT2D eigenvalue weighted by molar-refractivity contribution is 0.176. The molecule has 14 heavy (non-hydrogen) atoms. The van der Waals surface area contributed by atoms with Crippen LogP contribution < -0.4 is 16.4 Å². The van der Waals surface area contributed by atoms with Gasteiger partial charge < -0.3 is 21.1 Å². The third-order valence-electron chi connectivity index (χ3n) is 1.60. The monoisotopic (exact) mass is 203 g/mol. The number of carbonyl (C=O) groups is 1. The standard InChI is InChI=1S/C9H21N3O2/c1-7(2)12-9(13)11-5-4-8(10)6-14-3/h7-8H,4-6,10H2,1-3H3,(H2,11,12,13). The van der Waals surface area contributed by atoms with Crippen molar-refractivity contribution in [3.05, 3.63) is 0 Å².